The van der Waals surface area contributed by atoms with Crippen molar-refractivity contribution in [3.63, 3.8) is 0 Å². The van der Waals surface area contributed by atoms with Crippen molar-refractivity contribution < 1.29 is 19.5 Å². The van der Waals surface area contributed by atoms with Gasteiger partial charge in [0.05, 0.1) is 0 Å². The molecule has 1 unspecified atom stereocenters. The summed E-state index contributed by atoms with van der Waals surface area (Å²) in [5.74, 6) is 0.644. The van der Waals surface area contributed by atoms with E-state index in [2.05, 4.69) is 0 Å². The van der Waals surface area contributed by atoms with Crippen molar-refractivity contribution in [1.29, 1.82) is 0 Å². The van der Waals surface area contributed by atoms with Crippen molar-refractivity contribution in [2.24, 2.45) is 0 Å². The molecule has 0 aromatic heterocycles. The fourth-order valence-electron chi connectivity index (χ4n) is 1.09. The monoisotopic (exact) mass is 173 g/mol. The summed E-state index contributed by atoms with van der Waals surface area (Å²) in [5.41, 5.74) is 0. The predicted octanol–water partition coefficient (Wildman–Crippen LogP) is -0.878. The Morgan fingerprint density at radius 2 is 2.42 bits per heavy atom. The highest BCUT2D eigenvalue weighted by atomic mass is 16.5. The molecule has 0 bridgehead atoms. The van der Waals surface area contributed by atoms with E-state index in [4.69, 9.17) is 19.5 Å². The zero-order valence-electron chi connectivity index (χ0n) is 7.10. The van der Waals surface area contributed by atoms with Gasteiger partial charge >= 0.3 is 7.12 Å². The highest BCUT2D eigenvalue weighted by molar-refractivity contribution is 6.42. The molecule has 5 nitrogen and oxygen atoms in total. The quantitative estimate of drug-likeness (QED) is 0.542. The molecule has 0 fully saturated rings. The number of methoxy groups -OCH3 is 1. The third kappa shape index (κ3) is 1.91. The Morgan fingerprint density at radius 3 is 2.92 bits per heavy atom. The molecule has 0 aromatic carbocycles. The van der Waals surface area contributed by atoms with Crippen LogP contribution >= 0.6 is 0 Å². The molecule has 0 aliphatic carbocycles. The van der Waals surface area contributed by atoms with Gasteiger partial charge in [-0.2, -0.15) is 0 Å². The molecule has 0 amide bonds. The van der Waals surface area contributed by atoms with Gasteiger partial charge in [-0.1, -0.05) is 0 Å². The highest BCUT2D eigenvalue weighted by Gasteiger charge is 2.34. The molecule has 1 rings (SSSR count). The zero-order chi connectivity index (χ0) is 9.14. The first-order valence-corrected chi connectivity index (χ1v) is 3.61. The molecule has 2 N–H and O–H groups in total. The van der Waals surface area contributed by atoms with E-state index < -0.39 is 13.2 Å². The summed E-state index contributed by atoms with van der Waals surface area (Å²) in [4.78, 5) is 1.57. The number of hydrogen-bond acceptors (Lipinski definition) is 5. The second-order valence-electron chi connectivity index (χ2n) is 2.59. The Labute approximate surface area is 71.3 Å². The third-order valence-electron chi connectivity index (χ3n) is 1.51. The first kappa shape index (κ1) is 9.37. The summed E-state index contributed by atoms with van der Waals surface area (Å²) in [6.45, 7) is 2.02. The van der Waals surface area contributed by atoms with E-state index >= 15 is 0 Å². The van der Waals surface area contributed by atoms with Gasteiger partial charge in [0.1, 0.15) is 12.5 Å². The van der Waals surface area contributed by atoms with Crippen molar-refractivity contribution in [2.75, 3.05) is 13.8 Å². The lowest BCUT2D eigenvalue weighted by Crippen LogP contribution is -2.43. The number of hydrogen-bond donors (Lipinski definition) is 2. The lowest BCUT2D eigenvalue weighted by atomic mass is 9.88. The van der Waals surface area contributed by atoms with Gasteiger partial charge in [-0.05, 0) is 6.92 Å². The fourth-order valence-corrected chi connectivity index (χ4v) is 1.09. The molecular weight excluding hydrogens is 161 g/mol. The van der Waals surface area contributed by atoms with Gasteiger partial charge in [-0.15, -0.1) is 0 Å². The molecular formula is C6H12BNO4. The normalized spacial score (nSPS) is 22.2. The van der Waals surface area contributed by atoms with E-state index in [1.54, 1.807) is 18.0 Å². The SMILES string of the molecule is COCN1C=C(C)OC1B(O)O. The van der Waals surface area contributed by atoms with E-state index in [0.717, 1.165) is 0 Å². The predicted molar refractivity (Wildman–Crippen MR) is 42.5 cm³/mol. The van der Waals surface area contributed by atoms with Crippen LogP contribution in [0.1, 0.15) is 6.92 Å². The number of nitrogens with zero attached hydrogens (tertiary/aromatic N) is 1. The van der Waals surface area contributed by atoms with Crippen LogP contribution < -0.4 is 0 Å². The van der Waals surface area contributed by atoms with Crippen molar-refractivity contribution >= 4 is 7.12 Å². The van der Waals surface area contributed by atoms with Gasteiger partial charge in [0, 0.05) is 13.3 Å². The molecule has 0 spiro atoms. The van der Waals surface area contributed by atoms with Gasteiger partial charge in [0.15, 0.2) is 0 Å². The van der Waals surface area contributed by atoms with E-state index in [9.17, 15) is 0 Å². The van der Waals surface area contributed by atoms with Crippen LogP contribution in [0.4, 0.5) is 0 Å². The topological polar surface area (TPSA) is 62.2 Å². The maximum absolute atomic E-state index is 8.87. The molecule has 1 heterocycles. The van der Waals surface area contributed by atoms with Crippen LogP contribution in [0.15, 0.2) is 12.0 Å². The number of allylic oxidation sites excluding steroid dienone is 1. The number of ether oxygens (including phenoxy) is 2. The van der Waals surface area contributed by atoms with Crippen LogP contribution in [0, 0.1) is 0 Å². The Bertz CT molecular complexity index is 184. The average molecular weight is 173 g/mol. The maximum Gasteiger partial charge on any atom is 0.517 e. The highest BCUT2D eigenvalue weighted by Crippen LogP contribution is 2.17. The van der Waals surface area contributed by atoms with Gasteiger partial charge in [0.2, 0.25) is 6.13 Å². The van der Waals surface area contributed by atoms with Crippen LogP contribution in [-0.2, 0) is 9.47 Å². The van der Waals surface area contributed by atoms with Crippen LogP contribution in [0.2, 0.25) is 0 Å². The standard InChI is InChI=1S/C6H12BNO4/c1-5-3-8(4-11-2)6(12-5)7(9)10/h3,6,9-10H,4H2,1-2H3. The Balaban J connectivity index is 2.55. The minimum Gasteiger partial charge on any atom is -0.475 e. The summed E-state index contributed by atoms with van der Waals surface area (Å²) in [6, 6.07) is 0. The Hall–Kier alpha value is -0.715. The van der Waals surface area contributed by atoms with Gasteiger partial charge in [-0.25, -0.2) is 0 Å². The van der Waals surface area contributed by atoms with E-state index in [1.807, 2.05) is 0 Å². The summed E-state index contributed by atoms with van der Waals surface area (Å²) in [7, 11) is 0.0105. The zero-order valence-corrected chi connectivity index (χ0v) is 7.10. The molecule has 1 atom stereocenters. The molecule has 0 saturated heterocycles. The Morgan fingerprint density at radius 1 is 1.75 bits per heavy atom. The lowest BCUT2D eigenvalue weighted by molar-refractivity contribution is 0.0104. The summed E-state index contributed by atoms with van der Waals surface area (Å²) >= 11 is 0. The molecule has 1 aliphatic rings. The Kier molecular flexibility index (Phi) is 2.96. The average Bonchev–Trinajstić information content (AvgIpc) is 2.32. The molecule has 0 aromatic rings. The smallest absolute Gasteiger partial charge is 0.475 e. The minimum absolute atomic E-state index is 0.277. The van der Waals surface area contributed by atoms with Crippen LogP contribution in [0.3, 0.4) is 0 Å². The van der Waals surface area contributed by atoms with E-state index in [0.29, 0.717) is 5.76 Å². The summed E-state index contributed by atoms with van der Waals surface area (Å²) < 4.78 is 9.93. The molecule has 0 saturated carbocycles. The largest absolute Gasteiger partial charge is 0.517 e. The second kappa shape index (κ2) is 3.80. The second-order valence-corrected chi connectivity index (χ2v) is 2.59. The first-order chi connectivity index (χ1) is 5.65. The molecule has 1 aliphatic heterocycles. The first-order valence-electron chi connectivity index (χ1n) is 3.61. The lowest BCUT2D eigenvalue weighted by Gasteiger charge is -2.22. The molecule has 6 heteroatoms. The van der Waals surface area contributed by atoms with Crippen molar-refractivity contribution in [2.45, 2.75) is 13.1 Å². The number of rotatable bonds is 3. The third-order valence-corrected chi connectivity index (χ3v) is 1.51. The molecule has 12 heavy (non-hydrogen) atoms. The minimum atomic E-state index is -1.52. The summed E-state index contributed by atoms with van der Waals surface area (Å²) in [6.07, 6.45) is 0.929. The van der Waals surface area contributed by atoms with Crippen molar-refractivity contribution in [1.82, 2.24) is 4.90 Å². The van der Waals surface area contributed by atoms with Crippen molar-refractivity contribution in [3.05, 3.63) is 12.0 Å². The molecule has 68 valence electrons. The van der Waals surface area contributed by atoms with Gasteiger partial charge in [0.25, 0.3) is 0 Å². The van der Waals surface area contributed by atoms with Gasteiger partial charge < -0.3 is 24.4 Å². The van der Waals surface area contributed by atoms with Gasteiger partial charge in [-0.3, -0.25) is 0 Å². The fraction of sp³-hybridized carbons (Fsp3) is 0.667. The van der Waals surface area contributed by atoms with E-state index in [1.165, 1.54) is 7.11 Å². The molecule has 0 radical (unpaired) electrons. The van der Waals surface area contributed by atoms with Crippen molar-refractivity contribution in [3.8, 4) is 0 Å². The summed E-state index contributed by atoms with van der Waals surface area (Å²) in [5, 5.41) is 17.7. The van der Waals surface area contributed by atoms with Crippen LogP contribution in [0.25, 0.3) is 0 Å². The van der Waals surface area contributed by atoms with Crippen LogP contribution in [-0.4, -0.2) is 42.0 Å². The maximum atomic E-state index is 8.87. The van der Waals surface area contributed by atoms with Crippen LogP contribution in [0.5, 0.6) is 0 Å². The van der Waals surface area contributed by atoms with E-state index in [-0.39, 0.29) is 6.73 Å².